The molecule has 1 aromatic rings. The monoisotopic (exact) mass is 216 g/mol. The van der Waals surface area contributed by atoms with Crippen LogP contribution in [0.5, 0.6) is 0 Å². The van der Waals surface area contributed by atoms with Gasteiger partial charge in [0.2, 0.25) is 0 Å². The Morgan fingerprint density at radius 3 is 1.87 bits per heavy atom. The van der Waals surface area contributed by atoms with Crippen molar-refractivity contribution in [2.24, 2.45) is 7.05 Å². The number of nitro groups is 3. The molecule has 0 saturated carbocycles. The van der Waals surface area contributed by atoms with Crippen LogP contribution in [-0.2, 0) is 7.05 Å². The summed E-state index contributed by atoms with van der Waals surface area (Å²) in [6.07, 6.45) is 0. The summed E-state index contributed by atoms with van der Waals surface area (Å²) >= 11 is 0. The van der Waals surface area contributed by atoms with Crippen molar-refractivity contribution in [2.45, 2.75) is 0 Å². The van der Waals surface area contributed by atoms with Gasteiger partial charge in [0, 0.05) is 0 Å². The van der Waals surface area contributed by atoms with Crippen molar-refractivity contribution in [3.05, 3.63) is 36.4 Å². The van der Waals surface area contributed by atoms with E-state index in [1.165, 1.54) is 0 Å². The van der Waals surface area contributed by atoms with Gasteiger partial charge in [0.25, 0.3) is 0 Å². The van der Waals surface area contributed by atoms with Gasteiger partial charge < -0.3 is 20.2 Å². The summed E-state index contributed by atoms with van der Waals surface area (Å²) in [6.45, 7) is 0. The van der Waals surface area contributed by atoms with Gasteiger partial charge in [0.1, 0.15) is 6.07 Å². The maximum atomic E-state index is 10.4. The predicted molar refractivity (Wildman–Crippen MR) is 45.4 cm³/mol. The van der Waals surface area contributed by atoms with Crippen LogP contribution in [0, 0.1) is 30.3 Å². The smallest absolute Gasteiger partial charge is 0.358 e. The fraction of sp³-hybridized carbons (Fsp3) is 0.200. The highest BCUT2D eigenvalue weighted by atomic mass is 16.6. The highest BCUT2D eigenvalue weighted by Gasteiger charge is 2.34. The lowest BCUT2D eigenvalue weighted by molar-refractivity contribution is -0.427. The Labute approximate surface area is 81.2 Å². The molecule has 0 unspecified atom stereocenters. The van der Waals surface area contributed by atoms with Crippen molar-refractivity contribution >= 4 is 17.3 Å². The molecule has 10 nitrogen and oxygen atoms in total. The van der Waals surface area contributed by atoms with E-state index in [4.69, 9.17) is 0 Å². The highest BCUT2D eigenvalue weighted by Crippen LogP contribution is 2.33. The molecule has 0 spiro atoms. The highest BCUT2D eigenvalue weighted by molar-refractivity contribution is 5.55. The Hall–Kier alpha value is -2.52. The first-order valence-corrected chi connectivity index (χ1v) is 3.49. The van der Waals surface area contributed by atoms with Gasteiger partial charge in [-0.1, -0.05) is 0 Å². The van der Waals surface area contributed by atoms with E-state index in [1.54, 1.807) is 0 Å². The van der Waals surface area contributed by atoms with Crippen molar-refractivity contribution in [1.29, 1.82) is 0 Å². The van der Waals surface area contributed by atoms with E-state index in [2.05, 4.69) is 0 Å². The minimum absolute atomic E-state index is 0.554. The van der Waals surface area contributed by atoms with Gasteiger partial charge in [-0.15, -0.1) is 0 Å². The van der Waals surface area contributed by atoms with Crippen LogP contribution in [0.1, 0.15) is 0 Å². The van der Waals surface area contributed by atoms with Crippen LogP contribution < -0.4 is 0 Å². The second kappa shape index (κ2) is 3.32. The van der Waals surface area contributed by atoms with Crippen LogP contribution in [0.3, 0.4) is 0 Å². The fourth-order valence-corrected chi connectivity index (χ4v) is 1.09. The number of nitrogens with zero attached hydrogens (tertiary/aromatic N) is 4. The first-order chi connectivity index (χ1) is 6.86. The molecule has 0 N–H and O–H groups in total. The first-order valence-electron chi connectivity index (χ1n) is 3.49. The molecular weight excluding hydrogens is 212 g/mol. The second-order valence-electron chi connectivity index (χ2n) is 2.54. The maximum Gasteiger partial charge on any atom is 0.405 e. The average Bonchev–Trinajstić information content (AvgIpc) is 2.42. The summed E-state index contributed by atoms with van der Waals surface area (Å²) in [4.78, 5) is 28.2. The van der Waals surface area contributed by atoms with E-state index in [0.29, 0.717) is 10.6 Å². The van der Waals surface area contributed by atoms with Gasteiger partial charge in [-0.2, -0.15) is 4.57 Å². The molecule has 1 rings (SSSR count). The third-order valence-corrected chi connectivity index (χ3v) is 1.71. The van der Waals surface area contributed by atoms with E-state index in [-0.39, 0.29) is 0 Å². The molecule has 0 aromatic carbocycles. The Kier molecular flexibility index (Phi) is 2.34. The molecule has 0 aliphatic carbocycles. The summed E-state index contributed by atoms with van der Waals surface area (Å²) in [5, 5.41) is 31.2. The molecule has 80 valence electrons. The lowest BCUT2D eigenvalue weighted by Gasteiger charge is -1.95. The van der Waals surface area contributed by atoms with Crippen LogP contribution in [0.2, 0.25) is 0 Å². The first kappa shape index (κ1) is 10.6. The van der Waals surface area contributed by atoms with Gasteiger partial charge >= 0.3 is 17.3 Å². The van der Waals surface area contributed by atoms with E-state index < -0.39 is 32.1 Å². The summed E-state index contributed by atoms with van der Waals surface area (Å²) in [7, 11) is 1.02. The van der Waals surface area contributed by atoms with Crippen LogP contribution in [0.4, 0.5) is 17.3 Å². The molecule has 0 atom stereocenters. The van der Waals surface area contributed by atoms with Crippen LogP contribution in [-0.4, -0.2) is 19.3 Å². The normalized spacial score (nSPS) is 9.93. The Balaban J connectivity index is 3.53. The van der Waals surface area contributed by atoms with Crippen molar-refractivity contribution < 1.29 is 14.8 Å². The van der Waals surface area contributed by atoms with Gasteiger partial charge in [-0.05, 0) is 9.85 Å². The topological polar surface area (TPSA) is 134 Å². The number of hydrogen-bond acceptors (Lipinski definition) is 6. The summed E-state index contributed by atoms with van der Waals surface area (Å²) < 4.78 is 0.554. The average molecular weight is 216 g/mol. The predicted octanol–water partition coefficient (Wildman–Crippen LogP) is 0.750. The minimum atomic E-state index is -1.04. The van der Waals surface area contributed by atoms with E-state index in [9.17, 15) is 30.3 Å². The lowest BCUT2D eigenvalue weighted by Crippen LogP contribution is -2.02. The molecule has 1 heterocycles. The molecule has 0 aliphatic rings. The summed E-state index contributed by atoms with van der Waals surface area (Å²) in [5.41, 5.74) is -0.894. The Morgan fingerprint density at radius 2 is 1.60 bits per heavy atom. The van der Waals surface area contributed by atoms with Crippen LogP contribution >= 0.6 is 0 Å². The third kappa shape index (κ3) is 1.59. The molecule has 0 bridgehead atoms. The Morgan fingerprint density at radius 1 is 1.07 bits per heavy atom. The standard InChI is InChI=1S/C5H4N4O6/c1-6-4(8(12)13)2-3(7(10)11)5(6)9(14)15/h2H,1H3. The molecule has 15 heavy (non-hydrogen) atoms. The van der Waals surface area contributed by atoms with Crippen molar-refractivity contribution in [3.8, 4) is 0 Å². The van der Waals surface area contributed by atoms with Crippen LogP contribution in [0.15, 0.2) is 6.07 Å². The summed E-state index contributed by atoms with van der Waals surface area (Å²) in [5.74, 6) is -1.61. The second-order valence-corrected chi connectivity index (χ2v) is 2.54. The van der Waals surface area contributed by atoms with Crippen molar-refractivity contribution in [3.63, 3.8) is 0 Å². The molecule has 0 radical (unpaired) electrons. The zero-order valence-corrected chi connectivity index (χ0v) is 7.32. The van der Waals surface area contributed by atoms with Crippen LogP contribution in [0.25, 0.3) is 0 Å². The number of rotatable bonds is 3. The van der Waals surface area contributed by atoms with E-state index in [0.717, 1.165) is 7.05 Å². The molecule has 1 aromatic heterocycles. The minimum Gasteiger partial charge on any atom is -0.358 e. The van der Waals surface area contributed by atoms with Crippen molar-refractivity contribution in [2.75, 3.05) is 0 Å². The van der Waals surface area contributed by atoms with Gasteiger partial charge in [-0.3, -0.25) is 10.1 Å². The fourth-order valence-electron chi connectivity index (χ4n) is 1.09. The van der Waals surface area contributed by atoms with Gasteiger partial charge in [-0.25, -0.2) is 0 Å². The van der Waals surface area contributed by atoms with E-state index in [1.807, 2.05) is 0 Å². The molecule has 10 heteroatoms. The molecule has 0 aliphatic heterocycles. The van der Waals surface area contributed by atoms with Crippen molar-refractivity contribution in [1.82, 2.24) is 4.57 Å². The Bertz CT molecular complexity index is 462. The third-order valence-electron chi connectivity index (χ3n) is 1.71. The zero-order valence-electron chi connectivity index (χ0n) is 7.32. The van der Waals surface area contributed by atoms with Gasteiger partial charge in [0.05, 0.1) is 12.0 Å². The van der Waals surface area contributed by atoms with Gasteiger partial charge in [0.15, 0.2) is 0 Å². The molecular formula is C5H4N4O6. The summed E-state index contributed by atoms with van der Waals surface area (Å²) in [6, 6.07) is 0.554. The number of hydrogen-bond donors (Lipinski definition) is 0. The largest absolute Gasteiger partial charge is 0.405 e. The maximum absolute atomic E-state index is 10.4. The number of aromatic nitrogens is 1. The molecule has 0 amide bonds. The molecule has 0 saturated heterocycles. The SMILES string of the molecule is Cn1c([N+](=O)[O-])cc([N+](=O)[O-])c1[N+](=O)[O-]. The lowest BCUT2D eigenvalue weighted by atomic mass is 10.5. The quantitative estimate of drug-likeness (QED) is 0.540. The van der Waals surface area contributed by atoms with E-state index >= 15 is 0 Å². The molecule has 0 fully saturated rings. The zero-order chi connectivity index (χ0) is 11.7.